The minimum Gasteiger partial charge on any atom is -0.379 e. The van der Waals surface area contributed by atoms with Crippen molar-refractivity contribution >= 4 is 5.95 Å². The molecule has 1 spiro atoms. The zero-order valence-electron chi connectivity index (χ0n) is 14.5. The minimum absolute atomic E-state index is 0.149. The van der Waals surface area contributed by atoms with Gasteiger partial charge in [0.2, 0.25) is 5.95 Å². The lowest BCUT2D eigenvalue weighted by atomic mass is 9.80. The number of nitrogens with zero attached hydrogens (tertiary/aromatic N) is 5. The first-order chi connectivity index (χ1) is 12.3. The van der Waals surface area contributed by atoms with Crippen LogP contribution in [0.5, 0.6) is 0 Å². The molecule has 0 saturated carbocycles. The first kappa shape index (κ1) is 16.4. The average Bonchev–Trinajstić information content (AvgIpc) is 2.86. The van der Waals surface area contributed by atoms with Crippen molar-refractivity contribution in [2.75, 3.05) is 44.3 Å². The number of anilines is 1. The van der Waals surface area contributed by atoms with Crippen molar-refractivity contribution < 1.29 is 4.74 Å². The van der Waals surface area contributed by atoms with Crippen LogP contribution in [-0.2, 0) is 11.3 Å². The van der Waals surface area contributed by atoms with Crippen LogP contribution in [0.1, 0.15) is 18.4 Å². The molecule has 6 heteroatoms. The second-order valence-electron chi connectivity index (χ2n) is 7.20. The summed E-state index contributed by atoms with van der Waals surface area (Å²) < 4.78 is 6.00. The standard InChI is InChI=1S/C19H25N5O/c1-4-17(12-20-6-1)13-23-9-2-5-19(14-23)15-24(10-11-25-16-19)18-21-7-3-8-22-18/h1,3-4,6-8,12H,2,5,9-11,13-16H2. The highest BCUT2D eigenvalue weighted by Crippen LogP contribution is 2.34. The predicted molar refractivity (Wildman–Crippen MR) is 96.2 cm³/mol. The van der Waals surface area contributed by atoms with Gasteiger partial charge in [-0.15, -0.1) is 0 Å². The van der Waals surface area contributed by atoms with Crippen molar-refractivity contribution in [1.82, 2.24) is 19.9 Å². The van der Waals surface area contributed by atoms with Crippen LogP contribution in [0, 0.1) is 5.41 Å². The molecule has 0 aromatic carbocycles. The second-order valence-corrected chi connectivity index (χ2v) is 7.20. The van der Waals surface area contributed by atoms with Crippen molar-refractivity contribution in [3.63, 3.8) is 0 Å². The Bertz CT molecular complexity index is 668. The van der Waals surface area contributed by atoms with Crippen molar-refractivity contribution in [3.05, 3.63) is 48.5 Å². The molecular formula is C19H25N5O. The third kappa shape index (κ3) is 3.96. The van der Waals surface area contributed by atoms with Crippen molar-refractivity contribution in [2.24, 2.45) is 5.41 Å². The first-order valence-electron chi connectivity index (χ1n) is 9.04. The summed E-state index contributed by atoms with van der Waals surface area (Å²) in [4.78, 5) is 18.0. The maximum Gasteiger partial charge on any atom is 0.225 e. The Morgan fingerprint density at radius 2 is 2.00 bits per heavy atom. The van der Waals surface area contributed by atoms with E-state index in [0.29, 0.717) is 0 Å². The van der Waals surface area contributed by atoms with E-state index in [1.165, 1.54) is 18.4 Å². The Morgan fingerprint density at radius 3 is 2.84 bits per heavy atom. The van der Waals surface area contributed by atoms with Gasteiger partial charge in [0.05, 0.1) is 13.2 Å². The van der Waals surface area contributed by atoms with Gasteiger partial charge in [-0.25, -0.2) is 9.97 Å². The number of rotatable bonds is 3. The van der Waals surface area contributed by atoms with E-state index in [1.54, 1.807) is 0 Å². The van der Waals surface area contributed by atoms with E-state index < -0.39 is 0 Å². The molecular weight excluding hydrogens is 314 g/mol. The summed E-state index contributed by atoms with van der Waals surface area (Å²) in [6.45, 7) is 6.51. The van der Waals surface area contributed by atoms with Gasteiger partial charge < -0.3 is 9.64 Å². The van der Waals surface area contributed by atoms with Gasteiger partial charge in [-0.3, -0.25) is 9.88 Å². The molecule has 4 rings (SSSR count). The van der Waals surface area contributed by atoms with Gasteiger partial charge >= 0.3 is 0 Å². The summed E-state index contributed by atoms with van der Waals surface area (Å²) in [7, 11) is 0. The maximum atomic E-state index is 6.00. The Kier molecular flexibility index (Phi) is 4.90. The van der Waals surface area contributed by atoms with Crippen molar-refractivity contribution in [2.45, 2.75) is 19.4 Å². The van der Waals surface area contributed by atoms with Crippen LogP contribution in [0.4, 0.5) is 5.95 Å². The quantitative estimate of drug-likeness (QED) is 0.852. The Balaban J connectivity index is 1.49. The summed E-state index contributed by atoms with van der Waals surface area (Å²) in [5.74, 6) is 0.816. The molecule has 0 aliphatic carbocycles. The summed E-state index contributed by atoms with van der Waals surface area (Å²) in [5.41, 5.74) is 1.42. The van der Waals surface area contributed by atoms with Gasteiger partial charge in [0.25, 0.3) is 0 Å². The molecule has 2 aromatic heterocycles. The smallest absolute Gasteiger partial charge is 0.225 e. The summed E-state index contributed by atoms with van der Waals surface area (Å²) in [6.07, 6.45) is 9.83. The summed E-state index contributed by atoms with van der Waals surface area (Å²) in [5, 5.41) is 0. The highest BCUT2D eigenvalue weighted by atomic mass is 16.5. The molecule has 1 atom stereocenters. The lowest BCUT2D eigenvalue weighted by molar-refractivity contribution is 0.0106. The van der Waals surface area contributed by atoms with E-state index in [2.05, 4.69) is 30.8 Å². The molecule has 132 valence electrons. The van der Waals surface area contributed by atoms with E-state index in [0.717, 1.165) is 51.9 Å². The van der Waals surface area contributed by atoms with Gasteiger partial charge in [-0.1, -0.05) is 6.07 Å². The summed E-state index contributed by atoms with van der Waals surface area (Å²) >= 11 is 0. The van der Waals surface area contributed by atoms with E-state index >= 15 is 0 Å². The van der Waals surface area contributed by atoms with Crippen molar-refractivity contribution in [1.29, 1.82) is 0 Å². The lowest BCUT2D eigenvalue weighted by Gasteiger charge is -2.43. The maximum absolute atomic E-state index is 6.00. The summed E-state index contributed by atoms with van der Waals surface area (Å²) in [6, 6.07) is 6.03. The molecule has 6 nitrogen and oxygen atoms in total. The fourth-order valence-corrected chi connectivity index (χ4v) is 4.06. The number of ether oxygens (including phenoxy) is 1. The van der Waals surface area contributed by atoms with E-state index in [1.807, 2.05) is 36.9 Å². The van der Waals surface area contributed by atoms with E-state index in [4.69, 9.17) is 4.74 Å². The van der Waals surface area contributed by atoms with Crippen LogP contribution < -0.4 is 4.90 Å². The third-order valence-electron chi connectivity index (χ3n) is 5.14. The Hall–Kier alpha value is -2.05. The largest absolute Gasteiger partial charge is 0.379 e. The number of hydrogen-bond donors (Lipinski definition) is 0. The van der Waals surface area contributed by atoms with Gasteiger partial charge in [-0.05, 0) is 37.1 Å². The predicted octanol–water partition coefficient (Wildman–Crippen LogP) is 1.99. The van der Waals surface area contributed by atoms with E-state index in [9.17, 15) is 0 Å². The lowest BCUT2D eigenvalue weighted by Crippen LogP contribution is -2.50. The molecule has 0 radical (unpaired) electrons. The van der Waals surface area contributed by atoms with Crippen molar-refractivity contribution in [3.8, 4) is 0 Å². The monoisotopic (exact) mass is 339 g/mol. The molecule has 2 fully saturated rings. The molecule has 25 heavy (non-hydrogen) atoms. The van der Waals surface area contributed by atoms with Crippen LogP contribution in [0.2, 0.25) is 0 Å². The van der Waals surface area contributed by atoms with Gasteiger partial charge in [0.15, 0.2) is 0 Å². The van der Waals surface area contributed by atoms with Gasteiger partial charge in [0, 0.05) is 56.4 Å². The molecule has 2 aliphatic rings. The fraction of sp³-hybridized carbons (Fsp3) is 0.526. The van der Waals surface area contributed by atoms with Crippen LogP contribution in [0.15, 0.2) is 43.0 Å². The van der Waals surface area contributed by atoms with Crippen LogP contribution in [0.25, 0.3) is 0 Å². The van der Waals surface area contributed by atoms with Gasteiger partial charge in [-0.2, -0.15) is 0 Å². The normalized spacial score (nSPS) is 25.0. The zero-order chi connectivity index (χ0) is 17.0. The number of hydrogen-bond acceptors (Lipinski definition) is 6. The minimum atomic E-state index is 0.149. The number of aromatic nitrogens is 3. The van der Waals surface area contributed by atoms with Crippen LogP contribution in [0.3, 0.4) is 0 Å². The van der Waals surface area contributed by atoms with Crippen LogP contribution in [-0.4, -0.2) is 59.2 Å². The number of likely N-dealkylation sites (tertiary alicyclic amines) is 1. The third-order valence-corrected chi connectivity index (χ3v) is 5.14. The van der Waals surface area contributed by atoms with Gasteiger partial charge in [0.1, 0.15) is 0 Å². The van der Waals surface area contributed by atoms with Crippen LogP contribution >= 0.6 is 0 Å². The average molecular weight is 339 g/mol. The fourth-order valence-electron chi connectivity index (χ4n) is 4.06. The topological polar surface area (TPSA) is 54.4 Å². The number of piperidine rings is 1. The molecule has 2 saturated heterocycles. The molecule has 0 N–H and O–H groups in total. The molecule has 2 aromatic rings. The molecule has 0 bridgehead atoms. The SMILES string of the molecule is c1cnc(N2CCOCC3(CCCN(Cc4cccnc4)C3)C2)nc1. The number of pyridine rings is 1. The zero-order valence-corrected chi connectivity index (χ0v) is 14.5. The Labute approximate surface area is 148 Å². The molecule has 1 unspecified atom stereocenters. The molecule has 2 aliphatic heterocycles. The first-order valence-corrected chi connectivity index (χ1v) is 9.04. The van der Waals surface area contributed by atoms with E-state index in [-0.39, 0.29) is 5.41 Å². The second kappa shape index (κ2) is 7.45. The highest BCUT2D eigenvalue weighted by molar-refractivity contribution is 5.29. The highest BCUT2D eigenvalue weighted by Gasteiger charge is 2.39. The molecule has 4 heterocycles. The molecule has 0 amide bonds. The Morgan fingerprint density at radius 1 is 1.08 bits per heavy atom.